The molecule has 2 aliphatic rings. The molecule has 1 aromatic rings. The molecular formula is C19H28ClN3O2. The van der Waals surface area contributed by atoms with E-state index in [1.54, 1.807) is 0 Å². The van der Waals surface area contributed by atoms with Crippen LogP contribution in [0.3, 0.4) is 0 Å². The third-order valence-electron chi connectivity index (χ3n) is 5.21. The lowest BCUT2D eigenvalue weighted by atomic mass is 10.1. The SMILES string of the molecule is CN(CC(=O)N1CCO[C@@H](Cc2ccccc2Cl)C1)C1CCNCC1. The van der Waals surface area contributed by atoms with Gasteiger partial charge in [0.25, 0.3) is 0 Å². The Hall–Kier alpha value is -1.14. The molecule has 5 nitrogen and oxygen atoms in total. The van der Waals surface area contributed by atoms with Gasteiger partial charge < -0.3 is 15.0 Å². The molecule has 25 heavy (non-hydrogen) atoms. The fourth-order valence-electron chi connectivity index (χ4n) is 3.67. The fourth-order valence-corrected chi connectivity index (χ4v) is 3.88. The fraction of sp³-hybridized carbons (Fsp3) is 0.632. The van der Waals surface area contributed by atoms with Crippen molar-refractivity contribution in [2.45, 2.75) is 31.4 Å². The van der Waals surface area contributed by atoms with Gasteiger partial charge in [-0.05, 0) is 44.6 Å². The highest BCUT2D eigenvalue weighted by Crippen LogP contribution is 2.20. The summed E-state index contributed by atoms with van der Waals surface area (Å²) >= 11 is 6.25. The van der Waals surface area contributed by atoms with E-state index in [0.29, 0.717) is 32.3 Å². The maximum Gasteiger partial charge on any atom is 0.236 e. The van der Waals surface area contributed by atoms with E-state index in [0.717, 1.165) is 42.9 Å². The first kappa shape index (κ1) is 18.6. The lowest BCUT2D eigenvalue weighted by Gasteiger charge is -2.36. The number of ether oxygens (including phenoxy) is 1. The molecule has 0 bridgehead atoms. The Labute approximate surface area is 155 Å². The van der Waals surface area contributed by atoms with E-state index in [1.807, 2.05) is 29.2 Å². The second kappa shape index (κ2) is 8.99. The van der Waals surface area contributed by atoms with Gasteiger partial charge in [0, 0.05) is 30.6 Å². The van der Waals surface area contributed by atoms with Crippen molar-refractivity contribution in [3.05, 3.63) is 34.9 Å². The first-order chi connectivity index (χ1) is 12.1. The molecule has 1 aromatic carbocycles. The molecule has 0 saturated carbocycles. The van der Waals surface area contributed by atoms with Crippen LogP contribution in [0.5, 0.6) is 0 Å². The minimum Gasteiger partial charge on any atom is -0.374 e. The molecule has 0 aliphatic carbocycles. The Balaban J connectivity index is 1.51. The third kappa shape index (κ3) is 5.17. The molecule has 3 rings (SSSR count). The van der Waals surface area contributed by atoms with E-state index in [2.05, 4.69) is 17.3 Å². The zero-order chi connectivity index (χ0) is 17.6. The van der Waals surface area contributed by atoms with Gasteiger partial charge in [-0.1, -0.05) is 29.8 Å². The topological polar surface area (TPSA) is 44.8 Å². The summed E-state index contributed by atoms with van der Waals surface area (Å²) in [6, 6.07) is 8.35. The Morgan fingerprint density at radius 3 is 2.88 bits per heavy atom. The van der Waals surface area contributed by atoms with Crippen LogP contribution in [0.15, 0.2) is 24.3 Å². The van der Waals surface area contributed by atoms with Crippen molar-refractivity contribution in [2.24, 2.45) is 0 Å². The number of nitrogens with zero attached hydrogens (tertiary/aromatic N) is 2. The van der Waals surface area contributed by atoms with Crippen LogP contribution in [0.4, 0.5) is 0 Å². The van der Waals surface area contributed by atoms with Crippen LogP contribution < -0.4 is 5.32 Å². The number of carbonyl (C=O) groups excluding carboxylic acids is 1. The highest BCUT2D eigenvalue weighted by molar-refractivity contribution is 6.31. The normalized spacial score (nSPS) is 22.4. The van der Waals surface area contributed by atoms with E-state index >= 15 is 0 Å². The van der Waals surface area contributed by atoms with Crippen molar-refractivity contribution >= 4 is 17.5 Å². The summed E-state index contributed by atoms with van der Waals surface area (Å²) in [5, 5.41) is 4.13. The molecule has 0 unspecified atom stereocenters. The Morgan fingerprint density at radius 2 is 2.12 bits per heavy atom. The summed E-state index contributed by atoms with van der Waals surface area (Å²) in [4.78, 5) is 16.9. The van der Waals surface area contributed by atoms with Crippen molar-refractivity contribution < 1.29 is 9.53 Å². The third-order valence-corrected chi connectivity index (χ3v) is 5.58. The highest BCUT2D eigenvalue weighted by atomic mass is 35.5. The maximum atomic E-state index is 12.7. The lowest BCUT2D eigenvalue weighted by molar-refractivity contribution is -0.140. The summed E-state index contributed by atoms with van der Waals surface area (Å²) in [5.74, 6) is 0.202. The first-order valence-electron chi connectivity index (χ1n) is 9.17. The van der Waals surface area contributed by atoms with E-state index in [1.165, 1.54) is 0 Å². The summed E-state index contributed by atoms with van der Waals surface area (Å²) < 4.78 is 5.86. The molecule has 1 N–H and O–H groups in total. The van der Waals surface area contributed by atoms with E-state index in [-0.39, 0.29) is 12.0 Å². The summed E-state index contributed by atoms with van der Waals surface area (Å²) in [7, 11) is 2.07. The number of piperidine rings is 1. The van der Waals surface area contributed by atoms with Crippen molar-refractivity contribution in [1.29, 1.82) is 0 Å². The molecule has 2 heterocycles. The number of hydrogen-bond acceptors (Lipinski definition) is 4. The molecule has 2 fully saturated rings. The highest BCUT2D eigenvalue weighted by Gasteiger charge is 2.27. The van der Waals surface area contributed by atoms with Gasteiger partial charge in [-0.3, -0.25) is 9.69 Å². The van der Waals surface area contributed by atoms with Crippen molar-refractivity contribution in [2.75, 3.05) is 46.4 Å². The number of amides is 1. The molecule has 0 spiro atoms. The van der Waals surface area contributed by atoms with Crippen LogP contribution in [-0.2, 0) is 16.0 Å². The van der Waals surface area contributed by atoms with Gasteiger partial charge in [0.05, 0.1) is 19.3 Å². The monoisotopic (exact) mass is 365 g/mol. The Kier molecular flexibility index (Phi) is 6.70. The Bertz CT molecular complexity index is 578. The molecule has 0 aromatic heterocycles. The van der Waals surface area contributed by atoms with Crippen molar-refractivity contribution in [3.63, 3.8) is 0 Å². The number of halogens is 1. The molecule has 6 heteroatoms. The lowest BCUT2D eigenvalue weighted by Crippen LogP contribution is -2.51. The number of rotatable bonds is 5. The summed E-state index contributed by atoms with van der Waals surface area (Å²) in [6.07, 6.45) is 2.99. The van der Waals surface area contributed by atoms with Gasteiger partial charge in [0.2, 0.25) is 5.91 Å². The van der Waals surface area contributed by atoms with Gasteiger partial charge in [-0.25, -0.2) is 0 Å². The second-order valence-electron chi connectivity index (χ2n) is 7.02. The van der Waals surface area contributed by atoms with E-state index in [9.17, 15) is 4.79 Å². The molecule has 2 aliphatic heterocycles. The minimum absolute atomic E-state index is 0.0155. The van der Waals surface area contributed by atoms with Crippen LogP contribution in [-0.4, -0.2) is 74.2 Å². The molecule has 1 amide bonds. The smallest absolute Gasteiger partial charge is 0.236 e. The van der Waals surface area contributed by atoms with E-state index in [4.69, 9.17) is 16.3 Å². The van der Waals surface area contributed by atoms with Crippen LogP contribution in [0.25, 0.3) is 0 Å². The number of likely N-dealkylation sites (N-methyl/N-ethyl adjacent to an activating group) is 1. The summed E-state index contributed by atoms with van der Waals surface area (Å²) in [5.41, 5.74) is 1.08. The predicted octanol–water partition coefficient (Wildman–Crippen LogP) is 1.79. The zero-order valence-corrected chi connectivity index (χ0v) is 15.7. The number of carbonyl (C=O) groups is 1. The second-order valence-corrected chi connectivity index (χ2v) is 7.43. The molecule has 138 valence electrons. The standard InChI is InChI=1S/C19H28ClN3O2/c1-22(16-6-8-21-9-7-16)14-19(24)23-10-11-25-17(13-23)12-15-4-2-3-5-18(15)20/h2-5,16-17,21H,6-14H2,1H3/t17-/m0/s1. The maximum absolute atomic E-state index is 12.7. The zero-order valence-electron chi connectivity index (χ0n) is 14.9. The van der Waals surface area contributed by atoms with Gasteiger partial charge in [0.15, 0.2) is 0 Å². The first-order valence-corrected chi connectivity index (χ1v) is 9.55. The van der Waals surface area contributed by atoms with Crippen molar-refractivity contribution in [3.8, 4) is 0 Å². The molecule has 0 radical (unpaired) electrons. The minimum atomic E-state index is 0.0155. The molecule has 1 atom stereocenters. The van der Waals surface area contributed by atoms with Gasteiger partial charge in [-0.2, -0.15) is 0 Å². The number of morpholine rings is 1. The van der Waals surface area contributed by atoms with Gasteiger partial charge in [0.1, 0.15) is 0 Å². The van der Waals surface area contributed by atoms with Crippen LogP contribution in [0, 0.1) is 0 Å². The predicted molar refractivity (Wildman–Crippen MR) is 100.0 cm³/mol. The largest absolute Gasteiger partial charge is 0.374 e. The van der Waals surface area contributed by atoms with Crippen LogP contribution in [0.2, 0.25) is 5.02 Å². The van der Waals surface area contributed by atoms with Gasteiger partial charge >= 0.3 is 0 Å². The summed E-state index contributed by atoms with van der Waals surface area (Å²) in [6.45, 7) is 4.49. The quantitative estimate of drug-likeness (QED) is 0.864. The average molecular weight is 366 g/mol. The van der Waals surface area contributed by atoms with E-state index < -0.39 is 0 Å². The molecular weight excluding hydrogens is 338 g/mol. The van der Waals surface area contributed by atoms with Crippen LogP contribution >= 0.6 is 11.6 Å². The molecule has 2 saturated heterocycles. The van der Waals surface area contributed by atoms with Crippen molar-refractivity contribution in [1.82, 2.24) is 15.1 Å². The average Bonchev–Trinajstić information content (AvgIpc) is 2.64. The van der Waals surface area contributed by atoms with Crippen LogP contribution in [0.1, 0.15) is 18.4 Å². The number of benzene rings is 1. The Morgan fingerprint density at radius 1 is 1.36 bits per heavy atom. The number of hydrogen-bond donors (Lipinski definition) is 1. The number of nitrogens with one attached hydrogen (secondary N) is 1. The van der Waals surface area contributed by atoms with Gasteiger partial charge in [-0.15, -0.1) is 0 Å².